The predicted octanol–water partition coefficient (Wildman–Crippen LogP) is 1.02. The van der Waals surface area contributed by atoms with E-state index in [4.69, 9.17) is 4.74 Å². The van der Waals surface area contributed by atoms with Gasteiger partial charge in [0.1, 0.15) is 5.60 Å². The van der Waals surface area contributed by atoms with E-state index in [1.165, 1.54) is 18.3 Å². The molecule has 21 heavy (non-hydrogen) atoms. The minimum Gasteiger partial charge on any atom is -0.444 e. The molecule has 0 saturated heterocycles. The molecule has 7 nitrogen and oxygen atoms in total. The van der Waals surface area contributed by atoms with Crippen LogP contribution in [-0.4, -0.2) is 35.2 Å². The monoisotopic (exact) mass is 295 g/mol. The van der Waals surface area contributed by atoms with Gasteiger partial charge in [-0.05, 0) is 33.8 Å². The number of carbonyl (C=O) groups is 2. The van der Waals surface area contributed by atoms with Crippen LogP contribution in [0.15, 0.2) is 23.1 Å². The molecule has 0 aliphatic rings. The van der Waals surface area contributed by atoms with Crippen LogP contribution in [0.1, 0.15) is 38.1 Å². The molecule has 0 bridgehead atoms. The summed E-state index contributed by atoms with van der Waals surface area (Å²) in [5, 5.41) is 5.24. The fraction of sp³-hybridized carbons (Fsp3) is 0.500. The van der Waals surface area contributed by atoms with Crippen molar-refractivity contribution >= 4 is 12.0 Å². The third-order valence-electron chi connectivity index (χ3n) is 2.37. The summed E-state index contributed by atoms with van der Waals surface area (Å²) in [5.74, 6) is -0.375. The number of carbonyl (C=O) groups excluding carboxylic acids is 2. The molecule has 1 aromatic rings. The fourth-order valence-electron chi connectivity index (χ4n) is 1.49. The molecule has 1 heterocycles. The predicted molar refractivity (Wildman–Crippen MR) is 78.2 cm³/mol. The second kappa shape index (κ2) is 6.92. The highest BCUT2D eigenvalue weighted by molar-refractivity contribution is 5.94. The Kier molecular flexibility index (Phi) is 5.52. The van der Waals surface area contributed by atoms with E-state index in [-0.39, 0.29) is 29.6 Å². The highest BCUT2D eigenvalue weighted by Crippen LogP contribution is 2.06. The van der Waals surface area contributed by atoms with E-state index in [0.717, 1.165) is 0 Å². The zero-order valence-electron chi connectivity index (χ0n) is 12.6. The number of hydrogen-bond acceptors (Lipinski definition) is 4. The molecule has 0 fully saturated rings. The second-order valence-electron chi connectivity index (χ2n) is 5.70. The molecular weight excluding hydrogens is 274 g/mol. The lowest BCUT2D eigenvalue weighted by molar-refractivity contribution is 0.0521. The first-order chi connectivity index (χ1) is 9.67. The second-order valence-corrected chi connectivity index (χ2v) is 5.70. The quantitative estimate of drug-likeness (QED) is 0.772. The Morgan fingerprint density at radius 3 is 2.62 bits per heavy atom. The highest BCUT2D eigenvalue weighted by Gasteiger charge is 2.17. The average molecular weight is 295 g/mol. The normalized spacial score (nSPS) is 12.4. The fourth-order valence-corrected chi connectivity index (χ4v) is 1.49. The first-order valence-corrected chi connectivity index (χ1v) is 6.64. The van der Waals surface area contributed by atoms with Crippen molar-refractivity contribution in [3.05, 3.63) is 34.2 Å². The largest absolute Gasteiger partial charge is 0.444 e. The summed E-state index contributed by atoms with van der Waals surface area (Å²) in [7, 11) is 0. The lowest BCUT2D eigenvalue weighted by Crippen LogP contribution is -2.43. The van der Waals surface area contributed by atoms with Crippen molar-refractivity contribution in [2.45, 2.75) is 39.3 Å². The van der Waals surface area contributed by atoms with E-state index in [0.29, 0.717) is 0 Å². The van der Waals surface area contributed by atoms with Crippen LogP contribution >= 0.6 is 0 Å². The summed E-state index contributed by atoms with van der Waals surface area (Å²) in [6.07, 6.45) is 0.862. The molecule has 0 unspecified atom stereocenters. The van der Waals surface area contributed by atoms with Crippen LogP contribution < -0.4 is 16.2 Å². The zero-order valence-corrected chi connectivity index (χ0v) is 12.6. The SMILES string of the molecule is C[C@H](CNC(=O)OC(C)(C)C)NC(=O)c1cc[nH]c(=O)c1. The molecule has 7 heteroatoms. The number of alkyl carbamates (subject to hydrolysis) is 1. The lowest BCUT2D eigenvalue weighted by atomic mass is 10.2. The van der Waals surface area contributed by atoms with Gasteiger partial charge >= 0.3 is 6.09 Å². The Morgan fingerprint density at radius 2 is 2.05 bits per heavy atom. The number of nitrogens with one attached hydrogen (secondary N) is 3. The number of pyridine rings is 1. The minimum atomic E-state index is -0.568. The van der Waals surface area contributed by atoms with Crippen molar-refractivity contribution in [2.75, 3.05) is 6.54 Å². The summed E-state index contributed by atoms with van der Waals surface area (Å²) in [4.78, 5) is 36.9. The van der Waals surface area contributed by atoms with Gasteiger partial charge in [-0.2, -0.15) is 0 Å². The number of hydrogen-bond donors (Lipinski definition) is 3. The van der Waals surface area contributed by atoms with Crippen LogP contribution in [0.25, 0.3) is 0 Å². The first kappa shape index (κ1) is 16.7. The summed E-state index contributed by atoms with van der Waals surface area (Å²) in [6.45, 7) is 7.27. The van der Waals surface area contributed by atoms with E-state index in [1.807, 2.05) is 0 Å². The van der Waals surface area contributed by atoms with Crippen LogP contribution in [0, 0.1) is 0 Å². The Morgan fingerprint density at radius 1 is 1.38 bits per heavy atom. The van der Waals surface area contributed by atoms with Crippen molar-refractivity contribution in [2.24, 2.45) is 0 Å². The summed E-state index contributed by atoms with van der Waals surface area (Å²) in [5.41, 5.74) is -0.646. The number of aromatic nitrogens is 1. The summed E-state index contributed by atoms with van der Waals surface area (Å²) in [6, 6.07) is 2.41. The molecule has 1 atom stereocenters. The van der Waals surface area contributed by atoms with Crippen molar-refractivity contribution in [3.8, 4) is 0 Å². The molecular formula is C14H21N3O4. The van der Waals surface area contributed by atoms with E-state index in [1.54, 1.807) is 27.7 Å². The molecule has 0 aliphatic carbocycles. The number of ether oxygens (including phenoxy) is 1. The van der Waals surface area contributed by atoms with Gasteiger partial charge in [0.2, 0.25) is 5.56 Å². The smallest absolute Gasteiger partial charge is 0.407 e. The molecule has 0 spiro atoms. The minimum absolute atomic E-state index is 0.226. The molecule has 0 aromatic carbocycles. The zero-order chi connectivity index (χ0) is 16.0. The first-order valence-electron chi connectivity index (χ1n) is 6.64. The molecule has 2 amide bonds. The molecule has 1 rings (SSSR count). The summed E-state index contributed by atoms with van der Waals surface area (Å²) >= 11 is 0. The van der Waals surface area contributed by atoms with Gasteiger partial charge in [-0.1, -0.05) is 0 Å². The van der Waals surface area contributed by atoms with Crippen molar-refractivity contribution in [3.63, 3.8) is 0 Å². The van der Waals surface area contributed by atoms with Gasteiger partial charge < -0.3 is 20.4 Å². The van der Waals surface area contributed by atoms with Crippen molar-refractivity contribution in [1.29, 1.82) is 0 Å². The van der Waals surface area contributed by atoms with Crippen LogP contribution in [-0.2, 0) is 4.74 Å². The molecule has 116 valence electrons. The summed E-state index contributed by atoms with van der Waals surface area (Å²) < 4.78 is 5.09. The van der Waals surface area contributed by atoms with Crippen molar-refractivity contribution < 1.29 is 14.3 Å². The van der Waals surface area contributed by atoms with Gasteiger partial charge in [-0.3, -0.25) is 9.59 Å². The van der Waals surface area contributed by atoms with Gasteiger partial charge in [0.25, 0.3) is 5.91 Å². The Hall–Kier alpha value is -2.31. The van der Waals surface area contributed by atoms with Gasteiger partial charge in [0, 0.05) is 30.4 Å². The molecule has 1 aromatic heterocycles. The number of amides is 2. The molecule has 0 saturated carbocycles. The molecule has 3 N–H and O–H groups in total. The van der Waals surface area contributed by atoms with Gasteiger partial charge in [-0.25, -0.2) is 4.79 Å². The Labute approximate surface area is 123 Å². The van der Waals surface area contributed by atoms with E-state index in [9.17, 15) is 14.4 Å². The molecule has 0 aliphatic heterocycles. The average Bonchev–Trinajstić information content (AvgIpc) is 2.34. The maximum Gasteiger partial charge on any atom is 0.407 e. The van der Waals surface area contributed by atoms with E-state index >= 15 is 0 Å². The maximum absolute atomic E-state index is 11.9. The number of aromatic amines is 1. The number of H-pyrrole nitrogens is 1. The Bertz CT molecular complexity index is 560. The number of rotatable bonds is 4. The standard InChI is InChI=1S/C14H21N3O4/c1-9(8-16-13(20)21-14(2,3)4)17-12(19)10-5-6-15-11(18)7-10/h5-7,9H,8H2,1-4H3,(H,15,18)(H,16,20)(H,17,19)/t9-/m1/s1. The van der Waals surface area contributed by atoms with E-state index in [2.05, 4.69) is 15.6 Å². The van der Waals surface area contributed by atoms with Crippen LogP contribution in [0.4, 0.5) is 4.79 Å². The Balaban J connectivity index is 2.43. The lowest BCUT2D eigenvalue weighted by Gasteiger charge is -2.21. The van der Waals surface area contributed by atoms with Gasteiger partial charge in [0.05, 0.1) is 0 Å². The van der Waals surface area contributed by atoms with Gasteiger partial charge in [0.15, 0.2) is 0 Å². The van der Waals surface area contributed by atoms with Crippen LogP contribution in [0.2, 0.25) is 0 Å². The third kappa shape index (κ3) is 6.60. The molecule has 0 radical (unpaired) electrons. The van der Waals surface area contributed by atoms with E-state index < -0.39 is 11.7 Å². The van der Waals surface area contributed by atoms with Crippen LogP contribution in [0.5, 0.6) is 0 Å². The van der Waals surface area contributed by atoms with Crippen molar-refractivity contribution in [1.82, 2.24) is 15.6 Å². The van der Waals surface area contributed by atoms with Crippen LogP contribution in [0.3, 0.4) is 0 Å². The maximum atomic E-state index is 11.9. The van der Waals surface area contributed by atoms with Gasteiger partial charge in [-0.15, -0.1) is 0 Å². The third-order valence-corrected chi connectivity index (χ3v) is 2.37. The highest BCUT2D eigenvalue weighted by atomic mass is 16.6. The topological polar surface area (TPSA) is 100 Å².